The molecular weight excluding hydrogens is 342 g/mol. The Kier molecular flexibility index (Phi) is 7.71. The number of rotatable bonds is 7. The highest BCUT2D eigenvalue weighted by Crippen LogP contribution is 2.18. The fourth-order valence-electron chi connectivity index (χ4n) is 3.58. The predicted octanol–water partition coefficient (Wildman–Crippen LogP) is 1.72. The van der Waals surface area contributed by atoms with Gasteiger partial charge in [0.1, 0.15) is 5.82 Å². The Morgan fingerprint density at radius 2 is 2.19 bits per heavy atom. The number of aryl methyl sites for hydroxylation is 1. The van der Waals surface area contributed by atoms with E-state index in [4.69, 9.17) is 9.47 Å². The molecular formula is C20H33N5O2. The third kappa shape index (κ3) is 6.36. The molecule has 1 atom stereocenters. The molecule has 2 saturated heterocycles. The molecule has 3 rings (SSSR count). The van der Waals surface area contributed by atoms with Crippen molar-refractivity contribution in [3.05, 3.63) is 23.9 Å². The monoisotopic (exact) mass is 375 g/mol. The molecule has 1 aromatic rings. The summed E-state index contributed by atoms with van der Waals surface area (Å²) in [4.78, 5) is 11.3. The van der Waals surface area contributed by atoms with Gasteiger partial charge in [0, 0.05) is 45.0 Å². The maximum absolute atomic E-state index is 5.69. The highest BCUT2D eigenvalue weighted by atomic mass is 16.5. The molecule has 0 saturated carbocycles. The fourth-order valence-corrected chi connectivity index (χ4v) is 3.58. The first-order valence-electron chi connectivity index (χ1n) is 10.1. The zero-order valence-electron chi connectivity index (χ0n) is 16.6. The van der Waals surface area contributed by atoms with Gasteiger partial charge in [0.25, 0.3) is 0 Å². The van der Waals surface area contributed by atoms with Crippen LogP contribution < -0.4 is 15.5 Å². The van der Waals surface area contributed by atoms with Crippen molar-refractivity contribution in [2.45, 2.75) is 44.8 Å². The zero-order valence-corrected chi connectivity index (χ0v) is 16.6. The van der Waals surface area contributed by atoms with Gasteiger partial charge in [-0.2, -0.15) is 0 Å². The van der Waals surface area contributed by atoms with Gasteiger partial charge in [-0.3, -0.25) is 4.99 Å². The minimum absolute atomic E-state index is 0.288. The van der Waals surface area contributed by atoms with Gasteiger partial charge in [0.2, 0.25) is 0 Å². The van der Waals surface area contributed by atoms with Crippen LogP contribution in [0.25, 0.3) is 0 Å². The number of hydrogen-bond acceptors (Lipinski definition) is 5. The van der Waals surface area contributed by atoms with Crippen LogP contribution in [-0.2, 0) is 9.47 Å². The van der Waals surface area contributed by atoms with E-state index in [9.17, 15) is 0 Å². The number of aromatic nitrogens is 1. The van der Waals surface area contributed by atoms with Gasteiger partial charge in [-0.1, -0.05) is 6.07 Å². The van der Waals surface area contributed by atoms with E-state index in [1.807, 2.05) is 20.0 Å². The summed E-state index contributed by atoms with van der Waals surface area (Å²) in [7, 11) is 1.81. The van der Waals surface area contributed by atoms with Crippen molar-refractivity contribution < 1.29 is 9.47 Å². The Labute approximate surface area is 162 Å². The Bertz CT molecular complexity index is 596. The molecule has 3 heterocycles. The molecule has 1 unspecified atom stereocenters. The molecule has 2 fully saturated rings. The van der Waals surface area contributed by atoms with Crippen molar-refractivity contribution in [3.63, 3.8) is 0 Å². The summed E-state index contributed by atoms with van der Waals surface area (Å²) in [5.74, 6) is 1.93. The molecule has 1 aromatic heterocycles. The fraction of sp³-hybridized carbons (Fsp3) is 0.700. The van der Waals surface area contributed by atoms with Crippen molar-refractivity contribution in [1.82, 2.24) is 15.6 Å². The molecule has 0 radical (unpaired) electrons. The average molecular weight is 376 g/mol. The van der Waals surface area contributed by atoms with Gasteiger partial charge >= 0.3 is 0 Å². The molecule has 0 spiro atoms. The van der Waals surface area contributed by atoms with E-state index in [-0.39, 0.29) is 6.10 Å². The number of aliphatic imine (C=N–C) groups is 1. The Morgan fingerprint density at radius 1 is 1.33 bits per heavy atom. The molecule has 0 bridgehead atoms. The molecule has 2 aliphatic heterocycles. The first-order valence-corrected chi connectivity index (χ1v) is 10.1. The molecule has 7 heteroatoms. The average Bonchev–Trinajstić information content (AvgIpc) is 3.21. The molecule has 0 amide bonds. The predicted molar refractivity (Wildman–Crippen MR) is 108 cm³/mol. The van der Waals surface area contributed by atoms with E-state index < -0.39 is 0 Å². The molecule has 150 valence electrons. The molecule has 0 aliphatic carbocycles. The molecule has 0 aromatic carbocycles. The summed E-state index contributed by atoms with van der Waals surface area (Å²) in [6.07, 6.45) is 4.71. The van der Waals surface area contributed by atoms with Crippen LogP contribution in [0.3, 0.4) is 0 Å². The summed E-state index contributed by atoms with van der Waals surface area (Å²) >= 11 is 0. The lowest BCUT2D eigenvalue weighted by Gasteiger charge is -2.34. The summed E-state index contributed by atoms with van der Waals surface area (Å²) < 4.78 is 11.3. The summed E-state index contributed by atoms with van der Waals surface area (Å²) in [6.45, 7) is 7.04. The van der Waals surface area contributed by atoms with Crippen LogP contribution in [0.1, 0.15) is 31.4 Å². The van der Waals surface area contributed by atoms with Gasteiger partial charge in [0.15, 0.2) is 5.96 Å². The van der Waals surface area contributed by atoms with Crippen LogP contribution in [0.2, 0.25) is 0 Å². The van der Waals surface area contributed by atoms with Crippen molar-refractivity contribution in [2.75, 3.05) is 51.4 Å². The Balaban J connectivity index is 1.32. The topological polar surface area (TPSA) is 71.0 Å². The summed E-state index contributed by atoms with van der Waals surface area (Å²) in [6, 6.07) is 6.65. The third-order valence-corrected chi connectivity index (χ3v) is 5.12. The van der Waals surface area contributed by atoms with Crippen molar-refractivity contribution in [2.24, 2.45) is 4.99 Å². The first-order chi connectivity index (χ1) is 13.2. The van der Waals surface area contributed by atoms with Crippen molar-refractivity contribution in [1.29, 1.82) is 0 Å². The number of pyridine rings is 1. The summed E-state index contributed by atoms with van der Waals surface area (Å²) in [5, 5.41) is 6.87. The van der Waals surface area contributed by atoms with Crippen LogP contribution >= 0.6 is 0 Å². The van der Waals surface area contributed by atoms with E-state index in [2.05, 4.69) is 37.6 Å². The van der Waals surface area contributed by atoms with Gasteiger partial charge in [-0.05, 0) is 44.7 Å². The standard InChI is InChI=1S/C20H33N5O2/c1-16-5-3-7-19(23-16)25-11-8-17(9-12-25)24-20(21-2)22-10-14-26-15-18-6-4-13-27-18/h3,5,7,17-18H,4,6,8-15H2,1-2H3,(H2,21,22,24). The Morgan fingerprint density at radius 3 is 2.89 bits per heavy atom. The quantitative estimate of drug-likeness (QED) is 0.430. The summed E-state index contributed by atoms with van der Waals surface area (Å²) in [5.41, 5.74) is 1.07. The number of nitrogens with zero attached hydrogens (tertiary/aromatic N) is 3. The van der Waals surface area contributed by atoms with Crippen molar-refractivity contribution >= 4 is 11.8 Å². The number of piperidine rings is 1. The Hall–Kier alpha value is -1.86. The third-order valence-electron chi connectivity index (χ3n) is 5.12. The number of hydrogen-bond donors (Lipinski definition) is 2. The second-order valence-corrected chi connectivity index (χ2v) is 7.25. The van der Waals surface area contributed by atoms with Gasteiger partial charge in [0.05, 0.1) is 19.3 Å². The lowest BCUT2D eigenvalue weighted by atomic mass is 10.1. The van der Waals surface area contributed by atoms with Crippen LogP contribution in [0.5, 0.6) is 0 Å². The number of anilines is 1. The lowest BCUT2D eigenvalue weighted by molar-refractivity contribution is 0.0191. The van der Waals surface area contributed by atoms with Gasteiger partial charge in [-0.15, -0.1) is 0 Å². The van der Waals surface area contributed by atoms with E-state index in [0.717, 1.165) is 69.4 Å². The van der Waals surface area contributed by atoms with Crippen LogP contribution in [-0.4, -0.2) is 69.6 Å². The smallest absolute Gasteiger partial charge is 0.191 e. The van der Waals surface area contributed by atoms with Gasteiger partial charge < -0.3 is 25.0 Å². The number of ether oxygens (including phenoxy) is 2. The highest BCUT2D eigenvalue weighted by Gasteiger charge is 2.21. The van der Waals surface area contributed by atoms with Crippen LogP contribution in [0, 0.1) is 6.92 Å². The van der Waals surface area contributed by atoms with Gasteiger partial charge in [-0.25, -0.2) is 4.98 Å². The lowest BCUT2D eigenvalue weighted by Crippen LogP contribution is -2.49. The van der Waals surface area contributed by atoms with Crippen LogP contribution in [0.15, 0.2) is 23.2 Å². The first kappa shape index (κ1) is 19.9. The van der Waals surface area contributed by atoms with E-state index in [1.165, 1.54) is 0 Å². The molecule has 7 nitrogen and oxygen atoms in total. The number of nitrogens with one attached hydrogen (secondary N) is 2. The minimum Gasteiger partial charge on any atom is -0.377 e. The number of guanidine groups is 1. The van der Waals surface area contributed by atoms with E-state index >= 15 is 0 Å². The maximum Gasteiger partial charge on any atom is 0.191 e. The maximum atomic E-state index is 5.69. The SMILES string of the molecule is CN=C(NCCOCC1CCCO1)NC1CCN(c2cccc(C)n2)CC1. The second kappa shape index (κ2) is 10.5. The van der Waals surface area contributed by atoms with Crippen molar-refractivity contribution in [3.8, 4) is 0 Å². The van der Waals surface area contributed by atoms with E-state index in [0.29, 0.717) is 19.3 Å². The molecule has 27 heavy (non-hydrogen) atoms. The highest BCUT2D eigenvalue weighted by molar-refractivity contribution is 5.79. The largest absolute Gasteiger partial charge is 0.377 e. The minimum atomic E-state index is 0.288. The van der Waals surface area contributed by atoms with E-state index in [1.54, 1.807) is 0 Å². The second-order valence-electron chi connectivity index (χ2n) is 7.25. The normalized spacial score (nSPS) is 21.5. The molecule has 2 N–H and O–H groups in total. The van der Waals surface area contributed by atoms with Crippen LogP contribution in [0.4, 0.5) is 5.82 Å². The zero-order chi connectivity index (χ0) is 18.9. The molecule has 2 aliphatic rings.